The second-order valence-corrected chi connectivity index (χ2v) is 11.0. The van der Waals surface area contributed by atoms with E-state index in [1.54, 1.807) is 0 Å². The van der Waals surface area contributed by atoms with Gasteiger partial charge in [0.05, 0.1) is 23.9 Å². The third-order valence-corrected chi connectivity index (χ3v) is 8.47. The van der Waals surface area contributed by atoms with Crippen molar-refractivity contribution in [2.75, 3.05) is 49.1 Å². The molecule has 1 N–H and O–H groups in total. The summed E-state index contributed by atoms with van der Waals surface area (Å²) in [5.41, 5.74) is 7.13. The zero-order chi connectivity index (χ0) is 27.4. The minimum atomic E-state index is -0.119. The summed E-state index contributed by atoms with van der Waals surface area (Å²) in [6.45, 7) is 7.91. The summed E-state index contributed by atoms with van der Waals surface area (Å²) in [6, 6.07) is 24.5. The van der Waals surface area contributed by atoms with Gasteiger partial charge in [-0.2, -0.15) is 5.26 Å². The van der Waals surface area contributed by atoms with Gasteiger partial charge in [-0.25, -0.2) is 0 Å². The fourth-order valence-electron chi connectivity index (χ4n) is 6.21. The number of aryl methyl sites for hydroxylation is 2. The van der Waals surface area contributed by atoms with Gasteiger partial charge in [0.2, 0.25) is 0 Å². The molecule has 2 aliphatic heterocycles. The molecule has 6 nitrogen and oxygen atoms in total. The van der Waals surface area contributed by atoms with Crippen LogP contribution < -0.4 is 9.80 Å². The lowest BCUT2D eigenvalue weighted by Crippen LogP contribution is -2.56. The van der Waals surface area contributed by atoms with E-state index in [-0.39, 0.29) is 18.6 Å². The van der Waals surface area contributed by atoms with Gasteiger partial charge in [0.1, 0.15) is 6.07 Å². The molecule has 0 aliphatic carbocycles. The van der Waals surface area contributed by atoms with Gasteiger partial charge in [-0.05, 0) is 86.1 Å². The fourth-order valence-corrected chi connectivity index (χ4v) is 6.21. The smallest absolute Gasteiger partial charge is 0.254 e. The predicted molar refractivity (Wildman–Crippen MR) is 156 cm³/mol. The number of amides is 1. The standard InChI is InChI=1S/C33H38N4O2/c1-24-18-25(2)31(33(39)36-16-17-37(30(22-36)23-38)29-9-4-3-5-10-29)20-28(24)19-26-12-14-35(15-13-26)32-11-7-6-8-27(32)21-34/h3-11,18,20,26,30,38H,12-17,19,22-23H2,1-2H3/t30-/m1/s1. The van der Waals surface area contributed by atoms with Gasteiger partial charge >= 0.3 is 0 Å². The highest BCUT2D eigenvalue weighted by atomic mass is 16.3. The molecule has 0 bridgehead atoms. The number of hydrogen-bond acceptors (Lipinski definition) is 5. The lowest BCUT2D eigenvalue weighted by atomic mass is 9.86. The maximum Gasteiger partial charge on any atom is 0.254 e. The van der Waals surface area contributed by atoms with Gasteiger partial charge in [-0.1, -0.05) is 36.4 Å². The molecule has 0 unspecified atom stereocenters. The first-order valence-electron chi connectivity index (χ1n) is 14.0. The maximum absolute atomic E-state index is 13.7. The second-order valence-electron chi connectivity index (χ2n) is 11.0. The molecule has 202 valence electrons. The van der Waals surface area contributed by atoms with Crippen LogP contribution in [0.1, 0.15) is 45.5 Å². The predicted octanol–water partition coefficient (Wildman–Crippen LogP) is 4.96. The Hall–Kier alpha value is -3.82. The van der Waals surface area contributed by atoms with E-state index in [9.17, 15) is 15.2 Å². The molecule has 0 spiro atoms. The number of carbonyl (C=O) groups is 1. The molecule has 0 aromatic heterocycles. The van der Waals surface area contributed by atoms with Crippen molar-refractivity contribution in [3.8, 4) is 6.07 Å². The van der Waals surface area contributed by atoms with Gasteiger partial charge in [0, 0.05) is 44.0 Å². The number of para-hydroxylation sites is 2. The number of carbonyl (C=O) groups excluding carboxylic acids is 1. The first-order chi connectivity index (χ1) is 19.0. The number of piperazine rings is 1. The zero-order valence-corrected chi connectivity index (χ0v) is 23.0. The Kier molecular flexibility index (Phi) is 8.18. The lowest BCUT2D eigenvalue weighted by Gasteiger charge is -2.42. The molecule has 2 fully saturated rings. The van der Waals surface area contributed by atoms with Crippen molar-refractivity contribution in [2.45, 2.75) is 39.2 Å². The summed E-state index contributed by atoms with van der Waals surface area (Å²) in [5, 5.41) is 19.6. The van der Waals surface area contributed by atoms with Crippen LogP contribution in [0, 0.1) is 31.1 Å². The van der Waals surface area contributed by atoms with Crippen molar-refractivity contribution in [1.82, 2.24) is 4.90 Å². The third kappa shape index (κ3) is 5.79. The van der Waals surface area contributed by atoms with Crippen LogP contribution in [-0.4, -0.2) is 61.3 Å². The van der Waals surface area contributed by atoms with E-state index in [2.05, 4.69) is 47.1 Å². The molecule has 2 heterocycles. The molecule has 2 aliphatic rings. The number of nitrogens with zero attached hydrogens (tertiary/aromatic N) is 4. The van der Waals surface area contributed by atoms with E-state index in [0.717, 1.165) is 60.4 Å². The summed E-state index contributed by atoms with van der Waals surface area (Å²) in [6.07, 6.45) is 3.09. The molecule has 39 heavy (non-hydrogen) atoms. The normalized spacial score (nSPS) is 18.2. The third-order valence-electron chi connectivity index (χ3n) is 8.47. The molecule has 0 radical (unpaired) electrons. The minimum Gasteiger partial charge on any atom is -0.394 e. The fraction of sp³-hybridized carbons (Fsp3) is 0.394. The van der Waals surface area contributed by atoms with E-state index in [1.165, 1.54) is 11.1 Å². The van der Waals surface area contributed by atoms with Crippen molar-refractivity contribution in [3.63, 3.8) is 0 Å². The number of hydrogen-bond donors (Lipinski definition) is 1. The van der Waals surface area contributed by atoms with Gasteiger partial charge in [0.25, 0.3) is 5.91 Å². The van der Waals surface area contributed by atoms with Crippen LogP contribution in [0.15, 0.2) is 66.7 Å². The Bertz CT molecular complexity index is 1340. The minimum absolute atomic E-state index is 0.00828. The largest absolute Gasteiger partial charge is 0.394 e. The first kappa shape index (κ1) is 26.8. The average molecular weight is 523 g/mol. The van der Waals surface area contributed by atoms with Gasteiger partial charge in [-0.3, -0.25) is 4.79 Å². The number of rotatable bonds is 6. The van der Waals surface area contributed by atoms with Crippen LogP contribution in [0.2, 0.25) is 0 Å². The summed E-state index contributed by atoms with van der Waals surface area (Å²) in [4.78, 5) is 20.2. The summed E-state index contributed by atoms with van der Waals surface area (Å²) >= 11 is 0. The van der Waals surface area contributed by atoms with Crippen LogP contribution in [0.25, 0.3) is 0 Å². The highest BCUT2D eigenvalue weighted by Gasteiger charge is 2.31. The lowest BCUT2D eigenvalue weighted by molar-refractivity contribution is 0.0698. The van der Waals surface area contributed by atoms with Crippen molar-refractivity contribution in [1.29, 1.82) is 5.26 Å². The van der Waals surface area contributed by atoms with Crippen molar-refractivity contribution in [2.24, 2.45) is 5.92 Å². The van der Waals surface area contributed by atoms with Crippen LogP contribution >= 0.6 is 0 Å². The highest BCUT2D eigenvalue weighted by Crippen LogP contribution is 2.30. The van der Waals surface area contributed by atoms with Crippen molar-refractivity contribution < 1.29 is 9.90 Å². The average Bonchev–Trinajstić information content (AvgIpc) is 2.98. The number of piperidine rings is 1. The Morgan fingerprint density at radius 3 is 2.38 bits per heavy atom. The van der Waals surface area contributed by atoms with E-state index in [1.807, 2.05) is 54.3 Å². The zero-order valence-electron chi connectivity index (χ0n) is 23.0. The Labute approximate surface area is 232 Å². The molecular weight excluding hydrogens is 484 g/mol. The van der Waals surface area contributed by atoms with E-state index in [4.69, 9.17) is 0 Å². The van der Waals surface area contributed by atoms with Gasteiger partial charge in [-0.15, -0.1) is 0 Å². The molecule has 3 aromatic carbocycles. The summed E-state index contributed by atoms with van der Waals surface area (Å²) in [5.74, 6) is 0.607. The number of aliphatic hydroxyl groups is 1. The summed E-state index contributed by atoms with van der Waals surface area (Å²) < 4.78 is 0. The summed E-state index contributed by atoms with van der Waals surface area (Å²) in [7, 11) is 0. The molecule has 0 saturated carbocycles. The Morgan fingerprint density at radius 1 is 0.949 bits per heavy atom. The van der Waals surface area contributed by atoms with E-state index < -0.39 is 0 Å². The molecule has 1 atom stereocenters. The Morgan fingerprint density at radius 2 is 1.67 bits per heavy atom. The van der Waals surface area contributed by atoms with Gasteiger partial charge < -0.3 is 19.8 Å². The molecule has 3 aromatic rings. The number of nitriles is 1. The maximum atomic E-state index is 13.7. The van der Waals surface area contributed by atoms with Crippen molar-refractivity contribution in [3.05, 3.63) is 94.5 Å². The topological polar surface area (TPSA) is 70.8 Å². The van der Waals surface area contributed by atoms with E-state index in [0.29, 0.717) is 25.6 Å². The number of aliphatic hydroxyl groups excluding tert-OH is 1. The van der Waals surface area contributed by atoms with Crippen LogP contribution in [0.4, 0.5) is 11.4 Å². The van der Waals surface area contributed by atoms with Crippen molar-refractivity contribution >= 4 is 17.3 Å². The van der Waals surface area contributed by atoms with Crippen LogP contribution in [0.3, 0.4) is 0 Å². The van der Waals surface area contributed by atoms with E-state index >= 15 is 0 Å². The molecule has 5 rings (SSSR count). The first-order valence-corrected chi connectivity index (χ1v) is 14.0. The number of benzene rings is 3. The quantitative estimate of drug-likeness (QED) is 0.496. The molecule has 1 amide bonds. The number of anilines is 2. The van der Waals surface area contributed by atoms with Gasteiger partial charge in [0.15, 0.2) is 0 Å². The molecule has 6 heteroatoms. The molecular formula is C33H38N4O2. The Balaban J connectivity index is 1.26. The molecule has 2 saturated heterocycles. The van der Waals surface area contributed by atoms with Crippen LogP contribution in [-0.2, 0) is 6.42 Å². The SMILES string of the molecule is Cc1cc(C)c(C(=O)N2CCN(c3ccccc3)[C@@H](CO)C2)cc1CC1CCN(c2ccccc2C#N)CC1. The van der Waals surface area contributed by atoms with Crippen LogP contribution in [0.5, 0.6) is 0 Å². The highest BCUT2D eigenvalue weighted by molar-refractivity contribution is 5.96. The monoisotopic (exact) mass is 522 g/mol. The second kappa shape index (κ2) is 11.9.